The summed E-state index contributed by atoms with van der Waals surface area (Å²) in [6.07, 6.45) is 0.726. The van der Waals surface area contributed by atoms with E-state index in [9.17, 15) is 13.2 Å². The Bertz CT molecular complexity index is 1100. The molecular weight excluding hydrogens is 384 g/mol. The molecule has 0 radical (unpaired) electrons. The first kappa shape index (κ1) is 20.6. The van der Waals surface area contributed by atoms with Crippen LogP contribution in [0.5, 0.6) is 0 Å². The van der Waals surface area contributed by atoms with Gasteiger partial charge in [-0.1, -0.05) is 55.5 Å². The molecule has 3 aromatic carbocycles. The molecule has 0 aromatic heterocycles. The number of sulfonamides is 1. The average molecular weight is 409 g/mol. The molecule has 3 aromatic rings. The van der Waals surface area contributed by atoms with Crippen molar-refractivity contribution < 1.29 is 13.2 Å². The molecule has 5 nitrogen and oxygen atoms in total. The summed E-state index contributed by atoms with van der Waals surface area (Å²) < 4.78 is 27.9. The molecule has 0 spiro atoms. The largest absolute Gasteiger partial charge is 0.345 e. The topological polar surface area (TPSA) is 75.3 Å². The fraction of sp³-hybridized carbons (Fsp3) is 0.174. The van der Waals surface area contributed by atoms with Crippen LogP contribution in [0.25, 0.3) is 0 Å². The Balaban J connectivity index is 1.81. The van der Waals surface area contributed by atoms with E-state index < -0.39 is 10.0 Å². The first-order valence-electron chi connectivity index (χ1n) is 9.45. The minimum absolute atomic E-state index is 0.0398. The van der Waals surface area contributed by atoms with Crippen molar-refractivity contribution in [3.8, 4) is 0 Å². The van der Waals surface area contributed by atoms with Crippen molar-refractivity contribution in [3.63, 3.8) is 0 Å². The van der Waals surface area contributed by atoms with Gasteiger partial charge in [0.25, 0.3) is 15.9 Å². The van der Waals surface area contributed by atoms with Gasteiger partial charge in [0.2, 0.25) is 0 Å². The third-order valence-corrected chi connectivity index (χ3v) is 6.09. The molecule has 0 fully saturated rings. The van der Waals surface area contributed by atoms with Gasteiger partial charge in [-0.2, -0.15) is 0 Å². The highest BCUT2D eigenvalue weighted by atomic mass is 32.2. The normalized spacial score (nSPS) is 12.2. The van der Waals surface area contributed by atoms with Crippen LogP contribution < -0.4 is 10.0 Å². The summed E-state index contributed by atoms with van der Waals surface area (Å²) in [5, 5.41) is 3.01. The Morgan fingerprint density at radius 1 is 0.931 bits per heavy atom. The summed E-state index contributed by atoms with van der Waals surface area (Å²) >= 11 is 0. The number of anilines is 1. The minimum atomic E-state index is -3.79. The van der Waals surface area contributed by atoms with Crippen LogP contribution in [0.3, 0.4) is 0 Å². The van der Waals surface area contributed by atoms with Gasteiger partial charge in [0, 0.05) is 11.3 Å². The van der Waals surface area contributed by atoms with E-state index in [1.807, 2.05) is 38.1 Å². The summed E-state index contributed by atoms with van der Waals surface area (Å²) in [7, 11) is -3.79. The second kappa shape index (κ2) is 8.92. The van der Waals surface area contributed by atoms with Gasteiger partial charge in [0.1, 0.15) is 0 Å². The van der Waals surface area contributed by atoms with E-state index >= 15 is 0 Å². The molecule has 0 aliphatic heterocycles. The Labute approximate surface area is 171 Å². The fourth-order valence-corrected chi connectivity index (χ4v) is 4.25. The summed E-state index contributed by atoms with van der Waals surface area (Å²) in [6.45, 7) is 4.01. The van der Waals surface area contributed by atoms with Crippen LogP contribution in [0, 0.1) is 6.92 Å². The zero-order valence-corrected chi connectivity index (χ0v) is 17.2. The molecule has 150 valence electrons. The Hall–Kier alpha value is -3.12. The summed E-state index contributed by atoms with van der Waals surface area (Å²) in [6, 6.07) is 22.5. The quantitative estimate of drug-likeness (QED) is 0.596. The highest BCUT2D eigenvalue weighted by Crippen LogP contribution is 2.22. The van der Waals surface area contributed by atoms with Gasteiger partial charge in [-0.15, -0.1) is 0 Å². The van der Waals surface area contributed by atoms with E-state index in [0.717, 1.165) is 17.5 Å². The van der Waals surface area contributed by atoms with E-state index in [1.54, 1.807) is 42.5 Å². The second-order valence-corrected chi connectivity index (χ2v) is 8.47. The lowest BCUT2D eigenvalue weighted by atomic mass is 9.99. The van der Waals surface area contributed by atoms with E-state index in [2.05, 4.69) is 10.0 Å². The first-order valence-corrected chi connectivity index (χ1v) is 10.9. The van der Waals surface area contributed by atoms with Crippen molar-refractivity contribution in [2.24, 2.45) is 0 Å². The van der Waals surface area contributed by atoms with Crippen LogP contribution in [0.15, 0.2) is 83.8 Å². The van der Waals surface area contributed by atoms with Gasteiger partial charge in [0.15, 0.2) is 0 Å². The van der Waals surface area contributed by atoms with E-state index in [4.69, 9.17) is 0 Å². The smallest absolute Gasteiger partial charge is 0.261 e. The maximum absolute atomic E-state index is 12.8. The predicted octanol–water partition coefficient (Wildman–Crippen LogP) is 4.68. The predicted molar refractivity (Wildman–Crippen MR) is 115 cm³/mol. The highest BCUT2D eigenvalue weighted by molar-refractivity contribution is 7.92. The number of para-hydroxylation sites is 1. The fourth-order valence-electron chi connectivity index (χ4n) is 3.14. The Morgan fingerprint density at radius 2 is 1.62 bits per heavy atom. The number of rotatable bonds is 7. The van der Waals surface area contributed by atoms with Crippen molar-refractivity contribution in [2.45, 2.75) is 31.2 Å². The van der Waals surface area contributed by atoms with Crippen molar-refractivity contribution in [1.29, 1.82) is 0 Å². The maximum Gasteiger partial charge on any atom is 0.261 e. The molecule has 1 amide bonds. The lowest BCUT2D eigenvalue weighted by molar-refractivity contribution is 0.0935. The van der Waals surface area contributed by atoms with Crippen molar-refractivity contribution in [2.75, 3.05) is 4.72 Å². The molecule has 0 saturated carbocycles. The van der Waals surface area contributed by atoms with Gasteiger partial charge in [-0.25, -0.2) is 8.42 Å². The van der Waals surface area contributed by atoms with Crippen LogP contribution in [-0.2, 0) is 10.0 Å². The van der Waals surface area contributed by atoms with Crippen LogP contribution in [0.1, 0.15) is 40.9 Å². The monoisotopic (exact) mass is 408 g/mol. The van der Waals surface area contributed by atoms with Crippen LogP contribution in [0.2, 0.25) is 0 Å². The molecule has 0 aliphatic carbocycles. The highest BCUT2D eigenvalue weighted by Gasteiger charge is 2.19. The summed E-state index contributed by atoms with van der Waals surface area (Å²) in [5.74, 6) is -0.308. The number of aryl methyl sites for hydroxylation is 1. The number of carbonyl (C=O) groups excluding carboxylic acids is 1. The second-order valence-electron chi connectivity index (χ2n) is 6.79. The van der Waals surface area contributed by atoms with Gasteiger partial charge < -0.3 is 5.32 Å². The lowest BCUT2D eigenvalue weighted by Gasteiger charge is -2.19. The van der Waals surface area contributed by atoms with Crippen LogP contribution >= 0.6 is 0 Å². The minimum Gasteiger partial charge on any atom is -0.345 e. The molecule has 0 unspecified atom stereocenters. The van der Waals surface area contributed by atoms with Crippen molar-refractivity contribution in [3.05, 3.63) is 95.6 Å². The third kappa shape index (κ3) is 5.03. The number of amides is 1. The Morgan fingerprint density at radius 3 is 2.31 bits per heavy atom. The molecule has 0 bridgehead atoms. The van der Waals surface area contributed by atoms with E-state index in [0.29, 0.717) is 11.3 Å². The van der Waals surface area contributed by atoms with Crippen molar-refractivity contribution in [1.82, 2.24) is 5.32 Å². The number of benzene rings is 3. The SMILES string of the molecule is CC[C@@H](NC(=O)c1cccc(S(=O)(=O)Nc2ccccc2)c1)c1ccccc1C. The maximum atomic E-state index is 12.8. The zero-order valence-electron chi connectivity index (χ0n) is 16.4. The molecular formula is C23H24N2O3S. The summed E-state index contributed by atoms with van der Waals surface area (Å²) in [4.78, 5) is 12.8. The standard InChI is InChI=1S/C23H24N2O3S/c1-3-22(21-15-8-7-10-17(21)2)24-23(26)18-11-9-14-20(16-18)29(27,28)25-19-12-5-4-6-13-19/h4-16,22,25H,3H2,1-2H3,(H,24,26)/t22-/m1/s1. The molecule has 29 heavy (non-hydrogen) atoms. The van der Waals surface area contributed by atoms with Gasteiger partial charge in [-0.3, -0.25) is 9.52 Å². The zero-order chi connectivity index (χ0) is 20.9. The molecule has 3 rings (SSSR count). The Kier molecular flexibility index (Phi) is 6.34. The number of hydrogen-bond acceptors (Lipinski definition) is 3. The van der Waals surface area contributed by atoms with Gasteiger partial charge in [-0.05, 0) is 54.8 Å². The molecule has 0 saturated heterocycles. The van der Waals surface area contributed by atoms with E-state index in [1.165, 1.54) is 12.1 Å². The average Bonchev–Trinajstić information content (AvgIpc) is 2.73. The van der Waals surface area contributed by atoms with Crippen LogP contribution in [-0.4, -0.2) is 14.3 Å². The number of carbonyl (C=O) groups is 1. The molecule has 1 atom stereocenters. The van der Waals surface area contributed by atoms with E-state index in [-0.39, 0.29) is 16.8 Å². The van der Waals surface area contributed by atoms with Gasteiger partial charge in [0.05, 0.1) is 10.9 Å². The van der Waals surface area contributed by atoms with Crippen LogP contribution in [0.4, 0.5) is 5.69 Å². The first-order chi connectivity index (χ1) is 13.9. The summed E-state index contributed by atoms with van der Waals surface area (Å²) in [5.41, 5.74) is 2.92. The molecule has 2 N–H and O–H groups in total. The lowest BCUT2D eigenvalue weighted by Crippen LogP contribution is -2.28. The van der Waals surface area contributed by atoms with Crippen molar-refractivity contribution >= 4 is 21.6 Å². The molecule has 0 aliphatic rings. The molecule has 6 heteroatoms. The number of nitrogens with one attached hydrogen (secondary N) is 2. The third-order valence-electron chi connectivity index (χ3n) is 4.71. The molecule has 0 heterocycles. The number of hydrogen-bond donors (Lipinski definition) is 2. The van der Waals surface area contributed by atoms with Gasteiger partial charge >= 0.3 is 0 Å².